The molecule has 0 saturated heterocycles. The van der Waals surface area contributed by atoms with Gasteiger partial charge in [0, 0.05) is 11.2 Å². The molecule has 0 fully saturated rings. The molecule has 0 aromatic carbocycles. The maximum absolute atomic E-state index is 3.50. The lowest BCUT2D eigenvalue weighted by molar-refractivity contribution is 0.716. The van der Waals surface area contributed by atoms with Gasteiger partial charge < -0.3 is 0 Å². The SMILES string of the molecule is CC(C)CS1(C)C#CC(C)C1C. The minimum absolute atomic E-state index is 0.592. The first-order chi connectivity index (χ1) is 5.46. The summed E-state index contributed by atoms with van der Waals surface area (Å²) in [7, 11) is -0.592. The second kappa shape index (κ2) is 3.34. The van der Waals surface area contributed by atoms with Crippen molar-refractivity contribution in [3.8, 4) is 11.2 Å². The van der Waals surface area contributed by atoms with E-state index in [-0.39, 0.29) is 0 Å². The van der Waals surface area contributed by atoms with Crippen LogP contribution < -0.4 is 0 Å². The van der Waals surface area contributed by atoms with E-state index in [4.69, 9.17) is 0 Å². The Bertz CT molecular complexity index is 221. The van der Waals surface area contributed by atoms with Crippen molar-refractivity contribution in [2.75, 3.05) is 12.0 Å². The monoisotopic (exact) mass is 184 g/mol. The maximum atomic E-state index is 3.50. The molecule has 70 valence electrons. The van der Waals surface area contributed by atoms with Crippen molar-refractivity contribution in [1.29, 1.82) is 0 Å². The number of rotatable bonds is 2. The molecule has 0 bridgehead atoms. The van der Waals surface area contributed by atoms with Crippen LogP contribution in [0.25, 0.3) is 0 Å². The summed E-state index contributed by atoms with van der Waals surface area (Å²) in [4.78, 5) is 0. The maximum Gasteiger partial charge on any atom is 0.0293 e. The van der Waals surface area contributed by atoms with Gasteiger partial charge in [-0.05, 0) is 17.9 Å². The molecular weight excluding hydrogens is 164 g/mol. The Morgan fingerprint density at radius 1 is 1.33 bits per heavy atom. The molecule has 0 radical (unpaired) electrons. The van der Waals surface area contributed by atoms with Crippen molar-refractivity contribution in [3.63, 3.8) is 0 Å². The Balaban J connectivity index is 2.69. The fourth-order valence-electron chi connectivity index (χ4n) is 1.77. The molecule has 0 amide bonds. The van der Waals surface area contributed by atoms with Crippen molar-refractivity contribution in [2.45, 2.75) is 32.9 Å². The average Bonchev–Trinajstić information content (AvgIpc) is 2.16. The van der Waals surface area contributed by atoms with Gasteiger partial charge in [0.15, 0.2) is 0 Å². The summed E-state index contributed by atoms with van der Waals surface area (Å²) in [6, 6.07) is 0. The van der Waals surface area contributed by atoms with E-state index in [0.29, 0.717) is 5.92 Å². The van der Waals surface area contributed by atoms with Crippen LogP contribution in [0.15, 0.2) is 0 Å². The van der Waals surface area contributed by atoms with Gasteiger partial charge in [0.1, 0.15) is 0 Å². The lowest BCUT2D eigenvalue weighted by Gasteiger charge is -2.35. The van der Waals surface area contributed by atoms with E-state index < -0.39 is 10.0 Å². The number of hydrogen-bond donors (Lipinski definition) is 0. The summed E-state index contributed by atoms with van der Waals surface area (Å²) in [6.45, 7) is 9.22. The highest BCUT2D eigenvalue weighted by Crippen LogP contribution is 2.54. The standard InChI is InChI=1S/C11H20S/c1-9(2)8-12(5)7-6-10(3)11(12)4/h9-11H,8H2,1-5H3. The van der Waals surface area contributed by atoms with Crippen molar-refractivity contribution in [3.05, 3.63) is 0 Å². The Morgan fingerprint density at radius 2 is 1.92 bits per heavy atom. The predicted octanol–water partition coefficient (Wildman–Crippen LogP) is 3.08. The topological polar surface area (TPSA) is 0 Å². The molecule has 0 nitrogen and oxygen atoms in total. The van der Waals surface area contributed by atoms with Crippen molar-refractivity contribution >= 4 is 10.0 Å². The van der Waals surface area contributed by atoms with E-state index in [1.807, 2.05) is 0 Å². The van der Waals surface area contributed by atoms with Gasteiger partial charge in [-0.3, -0.25) is 0 Å². The molecule has 1 aliphatic rings. The summed E-state index contributed by atoms with van der Waals surface area (Å²) in [6.07, 6.45) is 2.40. The minimum Gasteiger partial charge on any atom is -0.176 e. The summed E-state index contributed by atoms with van der Waals surface area (Å²) >= 11 is 0. The van der Waals surface area contributed by atoms with Gasteiger partial charge >= 0.3 is 0 Å². The molecular formula is C11H20S. The molecule has 0 N–H and O–H groups in total. The highest BCUT2D eigenvalue weighted by atomic mass is 32.3. The Kier molecular flexibility index (Phi) is 2.78. The van der Waals surface area contributed by atoms with Crippen LogP contribution in [0.2, 0.25) is 0 Å². The molecule has 0 saturated carbocycles. The fourth-order valence-corrected chi connectivity index (χ4v) is 5.16. The second-order valence-electron chi connectivity index (χ2n) is 4.46. The lowest BCUT2D eigenvalue weighted by Crippen LogP contribution is -2.19. The lowest BCUT2D eigenvalue weighted by atomic mass is 10.1. The van der Waals surface area contributed by atoms with Gasteiger partial charge in [-0.2, -0.15) is 10.0 Å². The van der Waals surface area contributed by atoms with Gasteiger partial charge in [-0.15, -0.1) is 0 Å². The van der Waals surface area contributed by atoms with Crippen molar-refractivity contribution in [1.82, 2.24) is 0 Å². The van der Waals surface area contributed by atoms with Gasteiger partial charge in [0.2, 0.25) is 0 Å². The first-order valence-electron chi connectivity index (χ1n) is 4.73. The summed E-state index contributed by atoms with van der Waals surface area (Å²) in [5.74, 6) is 6.10. The van der Waals surface area contributed by atoms with Crippen LogP contribution >= 0.6 is 10.0 Å². The number of hydrogen-bond acceptors (Lipinski definition) is 0. The average molecular weight is 184 g/mol. The van der Waals surface area contributed by atoms with E-state index >= 15 is 0 Å². The summed E-state index contributed by atoms with van der Waals surface area (Å²) in [5.41, 5.74) is 0. The van der Waals surface area contributed by atoms with E-state index in [1.54, 1.807) is 0 Å². The van der Waals surface area contributed by atoms with Crippen LogP contribution in [0.3, 0.4) is 0 Å². The molecule has 3 atom stereocenters. The van der Waals surface area contributed by atoms with Crippen LogP contribution in [0, 0.1) is 23.0 Å². The van der Waals surface area contributed by atoms with Crippen LogP contribution in [-0.4, -0.2) is 17.3 Å². The third-order valence-electron chi connectivity index (χ3n) is 2.72. The van der Waals surface area contributed by atoms with Gasteiger partial charge in [-0.1, -0.05) is 38.9 Å². The second-order valence-corrected chi connectivity index (χ2v) is 8.05. The molecule has 0 aliphatic carbocycles. The van der Waals surface area contributed by atoms with Crippen LogP contribution in [0.1, 0.15) is 27.7 Å². The summed E-state index contributed by atoms with van der Waals surface area (Å²) in [5, 5.41) is 4.29. The van der Waals surface area contributed by atoms with Gasteiger partial charge in [-0.25, -0.2) is 0 Å². The van der Waals surface area contributed by atoms with E-state index in [9.17, 15) is 0 Å². The molecule has 3 unspecified atom stereocenters. The van der Waals surface area contributed by atoms with Crippen molar-refractivity contribution < 1.29 is 0 Å². The van der Waals surface area contributed by atoms with E-state index in [1.165, 1.54) is 5.75 Å². The molecule has 1 rings (SSSR count). The Morgan fingerprint density at radius 3 is 2.25 bits per heavy atom. The van der Waals surface area contributed by atoms with E-state index in [2.05, 4.69) is 45.1 Å². The quantitative estimate of drug-likeness (QED) is 0.579. The normalized spacial score (nSPS) is 45.2. The van der Waals surface area contributed by atoms with Gasteiger partial charge in [0.25, 0.3) is 0 Å². The molecule has 12 heavy (non-hydrogen) atoms. The zero-order valence-electron chi connectivity index (χ0n) is 8.85. The molecule has 0 spiro atoms. The van der Waals surface area contributed by atoms with Crippen LogP contribution in [0.5, 0.6) is 0 Å². The first-order valence-corrected chi connectivity index (χ1v) is 7.00. The first kappa shape index (κ1) is 9.99. The Labute approximate surface area is 78.4 Å². The van der Waals surface area contributed by atoms with Crippen LogP contribution in [-0.2, 0) is 0 Å². The van der Waals surface area contributed by atoms with E-state index in [0.717, 1.165) is 11.2 Å². The molecule has 1 heterocycles. The highest BCUT2D eigenvalue weighted by Gasteiger charge is 2.31. The fraction of sp³-hybridized carbons (Fsp3) is 0.818. The van der Waals surface area contributed by atoms with Crippen molar-refractivity contribution in [2.24, 2.45) is 11.8 Å². The zero-order chi connectivity index (χ0) is 9.35. The van der Waals surface area contributed by atoms with Gasteiger partial charge in [0.05, 0.1) is 0 Å². The largest absolute Gasteiger partial charge is 0.176 e. The summed E-state index contributed by atoms with van der Waals surface area (Å²) < 4.78 is 0. The predicted molar refractivity (Wildman–Crippen MR) is 59.6 cm³/mol. The Hall–Kier alpha value is -0.0900. The third kappa shape index (κ3) is 1.80. The molecule has 0 aromatic heterocycles. The molecule has 1 heteroatoms. The third-order valence-corrected chi connectivity index (χ3v) is 6.72. The molecule has 1 aliphatic heterocycles. The highest BCUT2D eigenvalue weighted by molar-refractivity contribution is 8.37. The van der Waals surface area contributed by atoms with Crippen LogP contribution in [0.4, 0.5) is 0 Å². The zero-order valence-corrected chi connectivity index (χ0v) is 9.66. The minimum atomic E-state index is -0.592. The smallest absolute Gasteiger partial charge is 0.0293 e. The molecule has 0 aromatic rings.